The highest BCUT2D eigenvalue weighted by Crippen LogP contribution is 2.20. The van der Waals surface area contributed by atoms with Gasteiger partial charge in [0.2, 0.25) is 0 Å². The minimum atomic E-state index is -0.201. The zero-order valence-corrected chi connectivity index (χ0v) is 14.8. The lowest BCUT2D eigenvalue weighted by atomic mass is 10.1. The SMILES string of the molecule is CCN(CC)c1ccc(NC(=O)COc2cccc(C)c2C)cn1. The predicted octanol–water partition coefficient (Wildman–Crippen LogP) is 3.56. The summed E-state index contributed by atoms with van der Waals surface area (Å²) in [4.78, 5) is 18.6. The summed E-state index contributed by atoms with van der Waals surface area (Å²) >= 11 is 0. The average Bonchev–Trinajstić information content (AvgIpc) is 2.59. The second-order valence-electron chi connectivity index (χ2n) is 5.61. The van der Waals surface area contributed by atoms with Crippen LogP contribution in [0.3, 0.4) is 0 Å². The Morgan fingerprint density at radius 1 is 1.17 bits per heavy atom. The number of carbonyl (C=O) groups is 1. The maximum atomic E-state index is 12.0. The maximum Gasteiger partial charge on any atom is 0.262 e. The van der Waals surface area contributed by atoms with Crippen LogP contribution < -0.4 is 15.0 Å². The number of hydrogen-bond donors (Lipinski definition) is 1. The van der Waals surface area contributed by atoms with E-state index in [2.05, 4.69) is 29.0 Å². The average molecular weight is 327 g/mol. The van der Waals surface area contributed by atoms with Gasteiger partial charge in [0.25, 0.3) is 5.91 Å². The predicted molar refractivity (Wildman–Crippen MR) is 97.8 cm³/mol. The molecule has 0 spiro atoms. The molecule has 5 nitrogen and oxygen atoms in total. The first-order valence-corrected chi connectivity index (χ1v) is 8.25. The Morgan fingerprint density at radius 3 is 2.54 bits per heavy atom. The number of aryl methyl sites for hydroxylation is 1. The van der Waals surface area contributed by atoms with Crippen LogP contribution >= 0.6 is 0 Å². The van der Waals surface area contributed by atoms with Crippen molar-refractivity contribution in [2.75, 3.05) is 29.9 Å². The van der Waals surface area contributed by atoms with E-state index in [1.807, 2.05) is 44.2 Å². The Hall–Kier alpha value is -2.56. The zero-order chi connectivity index (χ0) is 17.5. The van der Waals surface area contributed by atoms with Crippen LogP contribution in [0.5, 0.6) is 5.75 Å². The van der Waals surface area contributed by atoms with E-state index >= 15 is 0 Å². The summed E-state index contributed by atoms with van der Waals surface area (Å²) in [6, 6.07) is 9.58. The summed E-state index contributed by atoms with van der Waals surface area (Å²) in [5.74, 6) is 1.44. The summed E-state index contributed by atoms with van der Waals surface area (Å²) in [6.07, 6.45) is 1.67. The zero-order valence-electron chi connectivity index (χ0n) is 14.8. The Labute approximate surface area is 143 Å². The van der Waals surface area contributed by atoms with Crippen LogP contribution in [-0.4, -0.2) is 30.6 Å². The fourth-order valence-electron chi connectivity index (χ4n) is 2.42. The number of anilines is 2. The minimum absolute atomic E-state index is 0.0257. The van der Waals surface area contributed by atoms with Crippen molar-refractivity contribution in [1.29, 1.82) is 0 Å². The fourth-order valence-corrected chi connectivity index (χ4v) is 2.42. The molecule has 0 saturated carbocycles. The number of benzene rings is 1. The molecule has 0 fully saturated rings. The molecular weight excluding hydrogens is 302 g/mol. The number of amides is 1. The number of hydrogen-bond acceptors (Lipinski definition) is 4. The summed E-state index contributed by atoms with van der Waals surface area (Å²) < 4.78 is 5.61. The molecule has 1 heterocycles. The van der Waals surface area contributed by atoms with Crippen molar-refractivity contribution >= 4 is 17.4 Å². The fraction of sp³-hybridized carbons (Fsp3) is 0.368. The topological polar surface area (TPSA) is 54.5 Å². The third kappa shape index (κ3) is 4.47. The Bertz CT molecular complexity index is 680. The van der Waals surface area contributed by atoms with E-state index in [9.17, 15) is 4.79 Å². The van der Waals surface area contributed by atoms with Crippen molar-refractivity contribution < 1.29 is 9.53 Å². The third-order valence-electron chi connectivity index (χ3n) is 4.03. The quantitative estimate of drug-likeness (QED) is 0.845. The van der Waals surface area contributed by atoms with Gasteiger partial charge in [0.1, 0.15) is 11.6 Å². The van der Waals surface area contributed by atoms with Crippen molar-refractivity contribution in [3.63, 3.8) is 0 Å². The molecule has 1 aromatic heterocycles. The second kappa shape index (κ2) is 8.34. The van der Waals surface area contributed by atoms with Crippen molar-refractivity contribution in [3.8, 4) is 5.75 Å². The lowest BCUT2D eigenvalue weighted by Crippen LogP contribution is -2.23. The Balaban J connectivity index is 1.91. The van der Waals surface area contributed by atoms with Crippen LogP contribution in [0.25, 0.3) is 0 Å². The van der Waals surface area contributed by atoms with Crippen LogP contribution in [0.1, 0.15) is 25.0 Å². The molecule has 0 unspecified atom stereocenters. The van der Waals surface area contributed by atoms with Crippen LogP contribution in [0.4, 0.5) is 11.5 Å². The molecule has 1 N–H and O–H groups in total. The van der Waals surface area contributed by atoms with Crippen LogP contribution in [-0.2, 0) is 4.79 Å². The number of carbonyl (C=O) groups excluding carboxylic acids is 1. The van der Waals surface area contributed by atoms with Gasteiger partial charge in [-0.2, -0.15) is 0 Å². The molecule has 0 aliphatic heterocycles. The first-order chi connectivity index (χ1) is 11.5. The van der Waals surface area contributed by atoms with Gasteiger partial charge in [0.15, 0.2) is 6.61 Å². The minimum Gasteiger partial charge on any atom is -0.483 e. The molecule has 0 radical (unpaired) electrons. The summed E-state index contributed by atoms with van der Waals surface area (Å²) in [5, 5.41) is 2.80. The van der Waals surface area contributed by atoms with Gasteiger partial charge < -0.3 is 15.0 Å². The molecule has 24 heavy (non-hydrogen) atoms. The van der Waals surface area contributed by atoms with Gasteiger partial charge in [0, 0.05) is 13.1 Å². The highest BCUT2D eigenvalue weighted by atomic mass is 16.5. The van der Waals surface area contributed by atoms with Gasteiger partial charge in [-0.1, -0.05) is 12.1 Å². The summed E-state index contributed by atoms with van der Waals surface area (Å²) in [7, 11) is 0. The molecule has 128 valence electrons. The van der Waals surface area contributed by atoms with E-state index in [-0.39, 0.29) is 12.5 Å². The largest absolute Gasteiger partial charge is 0.483 e. The number of rotatable bonds is 7. The normalized spacial score (nSPS) is 10.3. The lowest BCUT2D eigenvalue weighted by molar-refractivity contribution is -0.118. The highest BCUT2D eigenvalue weighted by Gasteiger charge is 2.08. The summed E-state index contributed by atoms with van der Waals surface area (Å²) in [5.41, 5.74) is 2.86. The molecule has 0 saturated heterocycles. The third-order valence-corrected chi connectivity index (χ3v) is 4.03. The number of aromatic nitrogens is 1. The van der Waals surface area contributed by atoms with Crippen molar-refractivity contribution in [1.82, 2.24) is 4.98 Å². The Morgan fingerprint density at radius 2 is 1.92 bits per heavy atom. The van der Waals surface area contributed by atoms with Crippen LogP contribution in [0.2, 0.25) is 0 Å². The molecule has 0 aliphatic rings. The van der Waals surface area contributed by atoms with Crippen LogP contribution in [0.15, 0.2) is 36.5 Å². The van der Waals surface area contributed by atoms with E-state index in [1.54, 1.807) is 6.20 Å². The first kappa shape index (κ1) is 17.8. The molecule has 0 atom stereocenters. The molecule has 5 heteroatoms. The van der Waals surface area contributed by atoms with E-state index in [0.717, 1.165) is 35.8 Å². The van der Waals surface area contributed by atoms with E-state index < -0.39 is 0 Å². The van der Waals surface area contributed by atoms with Crippen molar-refractivity contribution in [2.24, 2.45) is 0 Å². The molecule has 0 aliphatic carbocycles. The molecule has 1 aromatic carbocycles. The molecule has 1 amide bonds. The highest BCUT2D eigenvalue weighted by molar-refractivity contribution is 5.91. The van der Waals surface area contributed by atoms with Gasteiger partial charge in [0.05, 0.1) is 11.9 Å². The smallest absolute Gasteiger partial charge is 0.262 e. The van der Waals surface area contributed by atoms with Crippen LogP contribution in [0, 0.1) is 13.8 Å². The molecular formula is C19H25N3O2. The number of ether oxygens (including phenoxy) is 1. The summed E-state index contributed by atoms with van der Waals surface area (Å²) in [6.45, 7) is 9.96. The van der Waals surface area contributed by atoms with Gasteiger partial charge in [-0.3, -0.25) is 4.79 Å². The van der Waals surface area contributed by atoms with Gasteiger partial charge in [-0.05, 0) is 57.0 Å². The number of nitrogens with one attached hydrogen (secondary N) is 1. The second-order valence-corrected chi connectivity index (χ2v) is 5.61. The van der Waals surface area contributed by atoms with Gasteiger partial charge in [-0.15, -0.1) is 0 Å². The standard InChI is InChI=1S/C19H25N3O2/c1-5-22(6-2)18-11-10-16(12-20-18)21-19(23)13-24-17-9-7-8-14(3)15(17)4/h7-12H,5-6,13H2,1-4H3,(H,21,23). The van der Waals surface area contributed by atoms with Crippen molar-refractivity contribution in [2.45, 2.75) is 27.7 Å². The van der Waals surface area contributed by atoms with E-state index in [1.165, 1.54) is 0 Å². The van der Waals surface area contributed by atoms with Gasteiger partial charge in [-0.25, -0.2) is 4.98 Å². The first-order valence-electron chi connectivity index (χ1n) is 8.25. The number of pyridine rings is 1. The monoisotopic (exact) mass is 327 g/mol. The Kier molecular flexibility index (Phi) is 6.18. The van der Waals surface area contributed by atoms with E-state index in [0.29, 0.717) is 5.69 Å². The lowest BCUT2D eigenvalue weighted by Gasteiger charge is -2.19. The van der Waals surface area contributed by atoms with Crippen molar-refractivity contribution in [3.05, 3.63) is 47.7 Å². The molecule has 0 bridgehead atoms. The molecule has 2 aromatic rings. The van der Waals surface area contributed by atoms with E-state index in [4.69, 9.17) is 4.74 Å². The van der Waals surface area contributed by atoms with Gasteiger partial charge >= 0.3 is 0 Å². The maximum absolute atomic E-state index is 12.0. The number of nitrogens with zero attached hydrogens (tertiary/aromatic N) is 2. The molecule has 2 rings (SSSR count).